The van der Waals surface area contributed by atoms with E-state index in [9.17, 15) is 4.79 Å². The largest absolute Gasteiger partial charge is 0.360 e. The van der Waals surface area contributed by atoms with Crippen LogP contribution in [0.15, 0.2) is 30.2 Å². The highest BCUT2D eigenvalue weighted by molar-refractivity contribution is 8.09. The SMILES string of the molecule is COC1SC(c2ccncc2)=C(C)NC1=O. The fourth-order valence-corrected chi connectivity index (χ4v) is 2.47. The van der Waals surface area contributed by atoms with Crippen molar-refractivity contribution in [1.29, 1.82) is 0 Å². The van der Waals surface area contributed by atoms with Gasteiger partial charge in [-0.1, -0.05) is 11.8 Å². The normalized spacial score (nSPS) is 20.9. The topological polar surface area (TPSA) is 51.2 Å². The van der Waals surface area contributed by atoms with Crippen LogP contribution in [0.4, 0.5) is 0 Å². The number of pyridine rings is 1. The lowest BCUT2D eigenvalue weighted by Gasteiger charge is -2.24. The molecule has 2 rings (SSSR count). The van der Waals surface area contributed by atoms with Crippen molar-refractivity contribution in [3.8, 4) is 0 Å². The molecule has 84 valence electrons. The molecule has 0 aliphatic carbocycles. The summed E-state index contributed by atoms with van der Waals surface area (Å²) < 4.78 is 5.10. The Morgan fingerprint density at radius 3 is 2.75 bits per heavy atom. The number of rotatable bonds is 2. The third kappa shape index (κ3) is 2.10. The Kier molecular flexibility index (Phi) is 3.26. The number of hydrogen-bond acceptors (Lipinski definition) is 4. The van der Waals surface area contributed by atoms with Gasteiger partial charge in [-0.3, -0.25) is 9.78 Å². The van der Waals surface area contributed by atoms with Gasteiger partial charge in [0.1, 0.15) is 0 Å². The molecule has 16 heavy (non-hydrogen) atoms. The standard InChI is InChI=1S/C11H12N2O2S/c1-7-9(8-3-5-12-6-4-8)16-11(15-2)10(14)13-7/h3-6,11H,1-2H3,(H,13,14). The fraction of sp³-hybridized carbons (Fsp3) is 0.273. The van der Waals surface area contributed by atoms with E-state index in [1.807, 2.05) is 19.1 Å². The Hall–Kier alpha value is -1.33. The van der Waals surface area contributed by atoms with Crippen molar-refractivity contribution in [3.05, 3.63) is 35.8 Å². The Labute approximate surface area is 98.1 Å². The van der Waals surface area contributed by atoms with E-state index in [0.717, 1.165) is 16.2 Å². The Morgan fingerprint density at radius 2 is 2.12 bits per heavy atom. The van der Waals surface area contributed by atoms with Gasteiger partial charge >= 0.3 is 0 Å². The number of ether oxygens (including phenoxy) is 1. The molecule has 1 N–H and O–H groups in total. The monoisotopic (exact) mass is 236 g/mol. The molecule has 0 radical (unpaired) electrons. The number of hydrogen-bond donors (Lipinski definition) is 1. The van der Waals surface area contributed by atoms with Gasteiger partial charge in [-0.25, -0.2) is 0 Å². The highest BCUT2D eigenvalue weighted by Gasteiger charge is 2.27. The number of carbonyl (C=O) groups excluding carboxylic acids is 1. The summed E-state index contributed by atoms with van der Waals surface area (Å²) in [5.74, 6) is -0.109. The molecule has 2 heterocycles. The number of thioether (sulfide) groups is 1. The van der Waals surface area contributed by atoms with Crippen molar-refractivity contribution >= 4 is 22.6 Å². The molecular formula is C11H12N2O2S. The zero-order valence-corrected chi connectivity index (χ0v) is 9.88. The Morgan fingerprint density at radius 1 is 1.44 bits per heavy atom. The van der Waals surface area contributed by atoms with Crippen LogP contribution in [0.3, 0.4) is 0 Å². The molecule has 0 spiro atoms. The summed E-state index contributed by atoms with van der Waals surface area (Å²) >= 11 is 1.42. The second-order valence-electron chi connectivity index (χ2n) is 3.36. The molecule has 4 nitrogen and oxygen atoms in total. The quantitative estimate of drug-likeness (QED) is 0.847. The molecule has 0 aromatic carbocycles. The number of allylic oxidation sites excluding steroid dienone is 1. The molecule has 1 aliphatic heterocycles. The minimum Gasteiger partial charge on any atom is -0.360 e. The number of nitrogens with one attached hydrogen (secondary N) is 1. The van der Waals surface area contributed by atoms with Gasteiger partial charge < -0.3 is 10.1 Å². The van der Waals surface area contributed by atoms with Crippen LogP contribution < -0.4 is 5.32 Å². The number of methoxy groups -OCH3 is 1. The summed E-state index contributed by atoms with van der Waals surface area (Å²) in [6.45, 7) is 1.88. The molecule has 0 bridgehead atoms. The van der Waals surface area contributed by atoms with E-state index < -0.39 is 5.44 Å². The molecule has 0 saturated heterocycles. The van der Waals surface area contributed by atoms with Crippen LogP contribution in [0.25, 0.3) is 4.91 Å². The van der Waals surface area contributed by atoms with Gasteiger partial charge in [0.2, 0.25) is 0 Å². The average molecular weight is 236 g/mol. The van der Waals surface area contributed by atoms with E-state index in [0.29, 0.717) is 0 Å². The highest BCUT2D eigenvalue weighted by atomic mass is 32.2. The lowest BCUT2D eigenvalue weighted by atomic mass is 10.2. The van der Waals surface area contributed by atoms with Crippen molar-refractivity contribution in [2.24, 2.45) is 0 Å². The van der Waals surface area contributed by atoms with Crippen molar-refractivity contribution < 1.29 is 9.53 Å². The summed E-state index contributed by atoms with van der Waals surface area (Å²) in [7, 11) is 1.53. The van der Waals surface area contributed by atoms with Crippen LogP contribution in [0.1, 0.15) is 12.5 Å². The van der Waals surface area contributed by atoms with Crippen LogP contribution in [0.2, 0.25) is 0 Å². The zero-order valence-electron chi connectivity index (χ0n) is 9.06. The van der Waals surface area contributed by atoms with E-state index in [4.69, 9.17) is 4.74 Å². The van der Waals surface area contributed by atoms with E-state index in [2.05, 4.69) is 10.3 Å². The molecule has 1 atom stereocenters. The van der Waals surface area contributed by atoms with Gasteiger partial charge in [-0.05, 0) is 24.6 Å². The minimum absolute atomic E-state index is 0.109. The zero-order chi connectivity index (χ0) is 11.5. The third-order valence-electron chi connectivity index (χ3n) is 2.25. The summed E-state index contributed by atoms with van der Waals surface area (Å²) in [5, 5.41) is 2.80. The molecule has 1 aliphatic rings. The van der Waals surface area contributed by atoms with Crippen molar-refractivity contribution in [1.82, 2.24) is 10.3 Å². The third-order valence-corrected chi connectivity index (χ3v) is 3.65. The van der Waals surface area contributed by atoms with E-state index in [1.165, 1.54) is 18.9 Å². The van der Waals surface area contributed by atoms with E-state index in [1.54, 1.807) is 12.4 Å². The maximum Gasteiger partial charge on any atom is 0.264 e. The smallest absolute Gasteiger partial charge is 0.264 e. The van der Waals surface area contributed by atoms with E-state index >= 15 is 0 Å². The summed E-state index contributed by atoms with van der Waals surface area (Å²) in [6, 6.07) is 3.83. The molecule has 5 heteroatoms. The molecular weight excluding hydrogens is 224 g/mol. The van der Waals surface area contributed by atoms with Gasteiger partial charge in [0.15, 0.2) is 5.44 Å². The Balaban J connectivity index is 2.34. The van der Waals surface area contributed by atoms with Gasteiger partial charge in [0, 0.05) is 30.1 Å². The maximum absolute atomic E-state index is 11.5. The predicted octanol–water partition coefficient (Wildman–Crippen LogP) is 1.61. The second-order valence-corrected chi connectivity index (χ2v) is 4.44. The fourth-order valence-electron chi connectivity index (χ4n) is 1.49. The summed E-state index contributed by atoms with van der Waals surface area (Å²) in [6.07, 6.45) is 3.46. The molecule has 1 aromatic heterocycles. The Bertz CT molecular complexity index is 431. The van der Waals surface area contributed by atoms with Crippen LogP contribution in [0.5, 0.6) is 0 Å². The highest BCUT2D eigenvalue weighted by Crippen LogP contribution is 2.36. The van der Waals surface area contributed by atoms with Gasteiger partial charge in [-0.2, -0.15) is 0 Å². The number of carbonyl (C=O) groups is 1. The maximum atomic E-state index is 11.5. The van der Waals surface area contributed by atoms with Crippen molar-refractivity contribution in [2.45, 2.75) is 12.4 Å². The second kappa shape index (κ2) is 4.67. The first-order valence-electron chi connectivity index (χ1n) is 4.84. The lowest BCUT2D eigenvalue weighted by Crippen LogP contribution is -2.36. The van der Waals surface area contributed by atoms with E-state index in [-0.39, 0.29) is 5.91 Å². The average Bonchev–Trinajstić information content (AvgIpc) is 2.30. The van der Waals surface area contributed by atoms with Crippen LogP contribution >= 0.6 is 11.8 Å². The first-order valence-corrected chi connectivity index (χ1v) is 5.72. The molecule has 0 fully saturated rings. The molecule has 1 unspecified atom stereocenters. The van der Waals surface area contributed by atoms with Crippen molar-refractivity contribution in [2.75, 3.05) is 7.11 Å². The first kappa shape index (κ1) is 11.2. The number of nitrogens with zero attached hydrogens (tertiary/aromatic N) is 1. The minimum atomic E-state index is -0.480. The number of amides is 1. The molecule has 0 saturated carbocycles. The van der Waals surface area contributed by atoms with Crippen molar-refractivity contribution in [3.63, 3.8) is 0 Å². The molecule has 1 amide bonds. The lowest BCUT2D eigenvalue weighted by molar-refractivity contribution is -0.125. The summed E-state index contributed by atoms with van der Waals surface area (Å²) in [4.78, 5) is 16.5. The van der Waals surface area contributed by atoms with Crippen LogP contribution in [-0.2, 0) is 9.53 Å². The van der Waals surface area contributed by atoms with Crippen LogP contribution in [-0.4, -0.2) is 23.4 Å². The van der Waals surface area contributed by atoms with Gasteiger partial charge in [-0.15, -0.1) is 0 Å². The summed E-state index contributed by atoms with van der Waals surface area (Å²) in [5.41, 5.74) is 1.42. The van der Waals surface area contributed by atoms with Crippen LogP contribution in [0, 0.1) is 0 Å². The molecule has 1 aromatic rings. The predicted molar refractivity (Wildman–Crippen MR) is 63.4 cm³/mol. The van der Waals surface area contributed by atoms with Gasteiger partial charge in [0.05, 0.1) is 0 Å². The first-order chi connectivity index (χ1) is 7.72. The number of aromatic nitrogens is 1. The van der Waals surface area contributed by atoms with Gasteiger partial charge in [0.25, 0.3) is 5.91 Å².